The Morgan fingerprint density at radius 3 is 2.45 bits per heavy atom. The molecule has 1 saturated heterocycles. The predicted molar refractivity (Wildman–Crippen MR) is 123 cm³/mol. The number of hydrogen-bond donors (Lipinski definition) is 2. The van der Waals surface area contributed by atoms with Gasteiger partial charge in [0.25, 0.3) is 5.91 Å². The molecule has 7 heteroatoms. The highest BCUT2D eigenvalue weighted by Crippen LogP contribution is 2.37. The largest absolute Gasteiger partial charge is 0.493 e. The van der Waals surface area contributed by atoms with E-state index in [2.05, 4.69) is 45.6 Å². The zero-order valence-corrected chi connectivity index (χ0v) is 19.2. The van der Waals surface area contributed by atoms with Crippen LogP contribution in [0.1, 0.15) is 31.9 Å². The lowest BCUT2D eigenvalue weighted by Crippen LogP contribution is -2.30. The monoisotopic (exact) mass is 476 g/mol. The summed E-state index contributed by atoms with van der Waals surface area (Å²) in [4.78, 5) is 13.1. The smallest absolute Gasteiger partial charge is 0.260 e. The quantitative estimate of drug-likeness (QED) is 0.498. The van der Waals surface area contributed by atoms with Crippen molar-refractivity contribution < 1.29 is 14.3 Å². The van der Waals surface area contributed by atoms with Gasteiger partial charge in [0, 0.05) is 17.3 Å². The molecule has 1 atom stereocenters. The Kier molecular flexibility index (Phi) is 7.50. The van der Waals surface area contributed by atoms with E-state index in [0.717, 1.165) is 27.9 Å². The van der Waals surface area contributed by atoms with Gasteiger partial charge in [0.05, 0.1) is 22.6 Å². The van der Waals surface area contributed by atoms with Crippen molar-refractivity contribution in [2.75, 3.05) is 18.5 Å². The van der Waals surface area contributed by atoms with Gasteiger partial charge in [0.1, 0.15) is 11.5 Å². The van der Waals surface area contributed by atoms with Crippen LogP contribution in [0.15, 0.2) is 45.8 Å². The number of aryl methyl sites for hydroxylation is 1. The summed E-state index contributed by atoms with van der Waals surface area (Å²) in [6, 6.07) is 12.0. The first-order valence-electron chi connectivity index (χ1n) is 9.67. The van der Waals surface area contributed by atoms with Crippen LogP contribution in [0.2, 0.25) is 0 Å². The Labute approximate surface area is 184 Å². The number of amides is 1. The first kappa shape index (κ1) is 21.6. The topological polar surface area (TPSA) is 59.6 Å². The summed E-state index contributed by atoms with van der Waals surface area (Å²) >= 11 is 4.99. The molecule has 29 heavy (non-hydrogen) atoms. The minimum atomic E-state index is -0.220. The summed E-state index contributed by atoms with van der Waals surface area (Å²) in [6.07, 6.45) is 2.86. The van der Waals surface area contributed by atoms with E-state index in [-0.39, 0.29) is 11.4 Å². The Morgan fingerprint density at radius 2 is 1.79 bits per heavy atom. The van der Waals surface area contributed by atoms with Gasteiger partial charge in [-0.2, -0.15) is 0 Å². The highest BCUT2D eigenvalue weighted by molar-refractivity contribution is 9.10. The van der Waals surface area contributed by atoms with E-state index in [9.17, 15) is 4.79 Å². The maximum absolute atomic E-state index is 12.5. The normalized spacial score (nSPS) is 17.3. The molecular formula is C22H25BrN2O3S. The maximum Gasteiger partial charge on any atom is 0.260 e. The van der Waals surface area contributed by atoms with Crippen LogP contribution in [0.3, 0.4) is 0 Å². The SMILES string of the molecule is CCOc1cc(OCC)c(/C=C2\S[C@H](Nc3ccc(CC)cc3)NC2=O)cc1Br. The Morgan fingerprint density at radius 1 is 1.10 bits per heavy atom. The van der Waals surface area contributed by atoms with Crippen molar-refractivity contribution in [2.45, 2.75) is 32.7 Å². The summed E-state index contributed by atoms with van der Waals surface area (Å²) in [5, 5.41) is 6.31. The van der Waals surface area contributed by atoms with Crippen LogP contribution in [0.25, 0.3) is 6.08 Å². The van der Waals surface area contributed by atoms with E-state index in [1.165, 1.54) is 17.3 Å². The second-order valence-electron chi connectivity index (χ2n) is 6.36. The molecule has 0 unspecified atom stereocenters. The van der Waals surface area contributed by atoms with Crippen LogP contribution >= 0.6 is 27.7 Å². The molecule has 0 radical (unpaired) electrons. The van der Waals surface area contributed by atoms with Gasteiger partial charge in [-0.25, -0.2) is 0 Å². The van der Waals surface area contributed by atoms with E-state index >= 15 is 0 Å². The zero-order chi connectivity index (χ0) is 20.8. The molecular weight excluding hydrogens is 452 g/mol. The van der Waals surface area contributed by atoms with Crippen LogP contribution < -0.4 is 20.1 Å². The fraction of sp³-hybridized carbons (Fsp3) is 0.318. The van der Waals surface area contributed by atoms with Crippen LogP contribution in [0.4, 0.5) is 5.69 Å². The third-order valence-electron chi connectivity index (χ3n) is 4.34. The average molecular weight is 477 g/mol. The molecule has 0 bridgehead atoms. The van der Waals surface area contributed by atoms with Gasteiger partial charge < -0.3 is 20.1 Å². The van der Waals surface area contributed by atoms with Gasteiger partial charge in [-0.15, -0.1) is 0 Å². The molecule has 154 valence electrons. The summed E-state index contributed by atoms with van der Waals surface area (Å²) in [5.74, 6) is 1.30. The average Bonchev–Trinajstić information content (AvgIpc) is 3.05. The van der Waals surface area contributed by atoms with Gasteiger partial charge in [-0.1, -0.05) is 30.8 Å². The van der Waals surface area contributed by atoms with Gasteiger partial charge in [0.15, 0.2) is 5.50 Å². The standard InChI is InChI=1S/C22H25BrN2O3S/c1-4-14-7-9-16(10-8-14)24-22-25-21(26)20(29-22)12-15-11-17(23)19(28-6-3)13-18(15)27-5-2/h7-13,22,24H,4-6H2,1-3H3,(H,25,26)/b20-12-/t22-/m1/s1. The van der Waals surface area contributed by atoms with Gasteiger partial charge in [-0.3, -0.25) is 4.79 Å². The lowest BCUT2D eigenvalue weighted by molar-refractivity contribution is -0.116. The molecule has 0 spiro atoms. The van der Waals surface area contributed by atoms with Crippen molar-refractivity contribution in [1.82, 2.24) is 5.32 Å². The number of carbonyl (C=O) groups excluding carboxylic acids is 1. The number of thioether (sulfide) groups is 1. The van der Waals surface area contributed by atoms with Crippen LogP contribution in [-0.2, 0) is 11.2 Å². The number of anilines is 1. The second kappa shape index (κ2) is 10.1. The summed E-state index contributed by atoms with van der Waals surface area (Å²) < 4.78 is 12.2. The van der Waals surface area contributed by atoms with Crippen LogP contribution in [0, 0.1) is 0 Å². The number of carbonyl (C=O) groups is 1. The van der Waals surface area contributed by atoms with Gasteiger partial charge in [-0.05, 0) is 66.0 Å². The summed E-state index contributed by atoms with van der Waals surface area (Å²) in [5.41, 5.74) is 2.86. The second-order valence-corrected chi connectivity index (χ2v) is 8.36. The third kappa shape index (κ3) is 5.48. The van der Waals surface area contributed by atoms with Crippen molar-refractivity contribution in [2.24, 2.45) is 0 Å². The molecule has 2 N–H and O–H groups in total. The van der Waals surface area contributed by atoms with Crippen molar-refractivity contribution in [3.05, 3.63) is 56.9 Å². The van der Waals surface area contributed by atoms with Gasteiger partial charge >= 0.3 is 0 Å². The fourth-order valence-corrected chi connectivity index (χ4v) is 4.36. The first-order chi connectivity index (χ1) is 14.0. The van der Waals surface area contributed by atoms with Crippen molar-refractivity contribution in [1.29, 1.82) is 0 Å². The van der Waals surface area contributed by atoms with E-state index < -0.39 is 0 Å². The van der Waals surface area contributed by atoms with Crippen molar-refractivity contribution in [3.63, 3.8) is 0 Å². The van der Waals surface area contributed by atoms with E-state index in [4.69, 9.17) is 9.47 Å². The number of halogens is 1. The van der Waals surface area contributed by atoms with Crippen LogP contribution in [-0.4, -0.2) is 24.6 Å². The van der Waals surface area contributed by atoms with E-state index in [0.29, 0.717) is 23.9 Å². The van der Waals surface area contributed by atoms with Crippen LogP contribution in [0.5, 0.6) is 11.5 Å². The number of rotatable bonds is 8. The molecule has 2 aromatic rings. The number of benzene rings is 2. The fourth-order valence-electron chi connectivity index (χ4n) is 2.90. The summed E-state index contributed by atoms with van der Waals surface area (Å²) in [7, 11) is 0. The highest BCUT2D eigenvalue weighted by Gasteiger charge is 2.27. The number of ether oxygens (including phenoxy) is 2. The van der Waals surface area contributed by atoms with Gasteiger partial charge in [0.2, 0.25) is 0 Å². The predicted octanol–water partition coefficient (Wildman–Crippen LogP) is 5.41. The lowest BCUT2D eigenvalue weighted by atomic mass is 10.1. The molecule has 0 saturated carbocycles. The zero-order valence-electron chi connectivity index (χ0n) is 16.8. The molecule has 2 aromatic carbocycles. The first-order valence-corrected chi connectivity index (χ1v) is 11.3. The molecule has 1 heterocycles. The molecule has 1 aliphatic heterocycles. The molecule has 3 rings (SSSR count). The van der Waals surface area contributed by atoms with Crippen molar-refractivity contribution in [3.8, 4) is 11.5 Å². The Hall–Kier alpha value is -2.12. The Bertz CT molecular complexity index is 900. The number of hydrogen-bond acceptors (Lipinski definition) is 5. The van der Waals surface area contributed by atoms with E-state index in [1.54, 1.807) is 0 Å². The molecule has 1 amide bonds. The maximum atomic E-state index is 12.5. The third-order valence-corrected chi connectivity index (χ3v) is 5.99. The molecule has 0 aliphatic carbocycles. The summed E-state index contributed by atoms with van der Waals surface area (Å²) in [6.45, 7) is 7.09. The molecule has 5 nitrogen and oxygen atoms in total. The minimum Gasteiger partial charge on any atom is -0.493 e. The Balaban J connectivity index is 1.79. The highest BCUT2D eigenvalue weighted by atomic mass is 79.9. The molecule has 0 aromatic heterocycles. The minimum absolute atomic E-state index is 0.106. The molecule has 1 fully saturated rings. The molecule has 1 aliphatic rings. The van der Waals surface area contributed by atoms with Crippen molar-refractivity contribution >= 4 is 45.4 Å². The number of nitrogens with one attached hydrogen (secondary N) is 2. The lowest BCUT2D eigenvalue weighted by Gasteiger charge is -2.13. The van der Waals surface area contributed by atoms with E-state index in [1.807, 2.05) is 44.2 Å².